The van der Waals surface area contributed by atoms with E-state index in [1.54, 1.807) is 36.1 Å². The van der Waals surface area contributed by atoms with E-state index in [1.807, 2.05) is 6.07 Å². The van der Waals surface area contributed by atoms with Gasteiger partial charge in [-0.3, -0.25) is 9.59 Å². The minimum absolute atomic E-state index is 0.132. The highest BCUT2D eigenvalue weighted by atomic mass is 16.5. The standard InChI is InChI=1S/C17H20N2O4/c1-12(23-15-5-3-2-4-14(15)11-18)17(22)19-8-6-13(7-9-19)10-16(20)21/h2-5,12-13H,6-10H2,1H3,(H,20,21). The van der Waals surface area contributed by atoms with Crippen LogP contribution in [0.1, 0.15) is 31.7 Å². The number of carboxylic acid groups (broad SMARTS) is 1. The SMILES string of the molecule is CC(Oc1ccccc1C#N)C(=O)N1CCC(CC(=O)O)CC1. The summed E-state index contributed by atoms with van der Waals surface area (Å²) in [4.78, 5) is 24.9. The molecule has 1 N–H and O–H groups in total. The first-order chi connectivity index (χ1) is 11.0. The minimum Gasteiger partial charge on any atom is -0.481 e. The average molecular weight is 316 g/mol. The number of para-hydroxylation sites is 1. The van der Waals surface area contributed by atoms with Crippen molar-refractivity contribution in [3.8, 4) is 11.8 Å². The molecule has 0 bridgehead atoms. The molecule has 0 aliphatic carbocycles. The van der Waals surface area contributed by atoms with Crippen molar-refractivity contribution in [2.75, 3.05) is 13.1 Å². The van der Waals surface area contributed by atoms with Gasteiger partial charge in [0, 0.05) is 19.5 Å². The summed E-state index contributed by atoms with van der Waals surface area (Å²) in [6.07, 6.45) is 0.864. The lowest BCUT2D eigenvalue weighted by Gasteiger charge is -2.33. The third-order valence-electron chi connectivity index (χ3n) is 4.05. The Morgan fingerprint density at radius 3 is 2.65 bits per heavy atom. The summed E-state index contributed by atoms with van der Waals surface area (Å²) in [5.74, 6) is -0.394. The van der Waals surface area contributed by atoms with Crippen molar-refractivity contribution in [3.63, 3.8) is 0 Å². The van der Waals surface area contributed by atoms with Crippen LogP contribution in [0.25, 0.3) is 0 Å². The van der Waals surface area contributed by atoms with Crippen LogP contribution in [-0.4, -0.2) is 41.1 Å². The van der Waals surface area contributed by atoms with Crippen LogP contribution >= 0.6 is 0 Å². The van der Waals surface area contributed by atoms with Gasteiger partial charge in [-0.2, -0.15) is 5.26 Å². The second-order valence-corrected chi connectivity index (χ2v) is 5.73. The lowest BCUT2D eigenvalue weighted by atomic mass is 9.93. The molecule has 2 rings (SSSR count). The number of nitriles is 1. The van der Waals surface area contributed by atoms with Gasteiger partial charge in [-0.15, -0.1) is 0 Å². The Hall–Kier alpha value is -2.55. The van der Waals surface area contributed by atoms with Crippen molar-refractivity contribution in [1.82, 2.24) is 4.90 Å². The Balaban J connectivity index is 1.91. The first-order valence-electron chi connectivity index (χ1n) is 7.67. The number of carbonyl (C=O) groups excluding carboxylic acids is 1. The Labute approximate surface area is 135 Å². The molecule has 122 valence electrons. The molecule has 0 radical (unpaired) electrons. The number of benzene rings is 1. The molecule has 1 heterocycles. The molecule has 1 aromatic carbocycles. The average Bonchev–Trinajstić information content (AvgIpc) is 2.55. The topological polar surface area (TPSA) is 90.6 Å². The van der Waals surface area contributed by atoms with Gasteiger partial charge in [-0.1, -0.05) is 12.1 Å². The zero-order valence-corrected chi connectivity index (χ0v) is 13.1. The fraction of sp³-hybridized carbons (Fsp3) is 0.471. The number of ether oxygens (including phenoxy) is 1. The highest BCUT2D eigenvalue weighted by Crippen LogP contribution is 2.23. The second-order valence-electron chi connectivity index (χ2n) is 5.73. The number of rotatable bonds is 5. The van der Waals surface area contributed by atoms with Crippen LogP contribution in [0.2, 0.25) is 0 Å². The first-order valence-corrected chi connectivity index (χ1v) is 7.67. The number of aliphatic carboxylic acids is 1. The smallest absolute Gasteiger partial charge is 0.303 e. The number of hydrogen-bond donors (Lipinski definition) is 1. The molecule has 0 spiro atoms. The van der Waals surface area contributed by atoms with E-state index >= 15 is 0 Å². The van der Waals surface area contributed by atoms with E-state index in [1.165, 1.54) is 0 Å². The number of piperidine rings is 1. The van der Waals surface area contributed by atoms with Gasteiger partial charge >= 0.3 is 5.97 Å². The summed E-state index contributed by atoms with van der Waals surface area (Å²) in [5.41, 5.74) is 0.396. The molecule has 23 heavy (non-hydrogen) atoms. The zero-order valence-electron chi connectivity index (χ0n) is 13.1. The van der Waals surface area contributed by atoms with E-state index in [0.29, 0.717) is 37.2 Å². The molecule has 1 aliphatic heterocycles. The molecule has 6 heteroatoms. The maximum atomic E-state index is 12.4. The van der Waals surface area contributed by atoms with Crippen LogP contribution in [0.3, 0.4) is 0 Å². The van der Waals surface area contributed by atoms with Gasteiger partial charge in [0.15, 0.2) is 6.10 Å². The van der Waals surface area contributed by atoms with Crippen LogP contribution in [0, 0.1) is 17.2 Å². The van der Waals surface area contributed by atoms with Crippen molar-refractivity contribution < 1.29 is 19.4 Å². The van der Waals surface area contributed by atoms with Gasteiger partial charge in [-0.05, 0) is 37.8 Å². The Morgan fingerprint density at radius 1 is 1.39 bits per heavy atom. The maximum Gasteiger partial charge on any atom is 0.303 e. The van der Waals surface area contributed by atoms with Gasteiger partial charge in [-0.25, -0.2) is 0 Å². The third-order valence-corrected chi connectivity index (χ3v) is 4.05. The molecule has 1 aliphatic rings. The largest absolute Gasteiger partial charge is 0.481 e. The van der Waals surface area contributed by atoms with Gasteiger partial charge < -0.3 is 14.7 Å². The van der Waals surface area contributed by atoms with E-state index in [2.05, 4.69) is 0 Å². The van der Waals surface area contributed by atoms with E-state index in [0.717, 1.165) is 0 Å². The number of hydrogen-bond acceptors (Lipinski definition) is 4. The van der Waals surface area contributed by atoms with E-state index in [9.17, 15) is 9.59 Å². The molecule has 1 atom stereocenters. The predicted molar refractivity (Wildman–Crippen MR) is 82.8 cm³/mol. The lowest BCUT2D eigenvalue weighted by Crippen LogP contribution is -2.45. The van der Waals surface area contributed by atoms with Gasteiger partial charge in [0.2, 0.25) is 0 Å². The van der Waals surface area contributed by atoms with Crippen molar-refractivity contribution >= 4 is 11.9 Å². The number of amides is 1. The van der Waals surface area contributed by atoms with E-state index in [4.69, 9.17) is 15.1 Å². The number of nitrogens with zero attached hydrogens (tertiary/aromatic N) is 2. The van der Waals surface area contributed by atoms with Gasteiger partial charge in [0.1, 0.15) is 11.8 Å². The highest BCUT2D eigenvalue weighted by Gasteiger charge is 2.28. The Bertz CT molecular complexity index is 615. The summed E-state index contributed by atoms with van der Waals surface area (Å²) in [5, 5.41) is 17.9. The van der Waals surface area contributed by atoms with Crippen molar-refractivity contribution in [1.29, 1.82) is 5.26 Å². The summed E-state index contributed by atoms with van der Waals surface area (Å²) in [7, 11) is 0. The maximum absolute atomic E-state index is 12.4. The second kappa shape index (κ2) is 7.63. The predicted octanol–water partition coefficient (Wildman–Crippen LogP) is 2.04. The van der Waals surface area contributed by atoms with Gasteiger partial charge in [0.05, 0.1) is 5.56 Å². The van der Waals surface area contributed by atoms with Crippen LogP contribution in [-0.2, 0) is 9.59 Å². The summed E-state index contributed by atoms with van der Waals surface area (Å²) in [6, 6.07) is 8.84. The fourth-order valence-electron chi connectivity index (χ4n) is 2.76. The molecule has 6 nitrogen and oxygen atoms in total. The highest BCUT2D eigenvalue weighted by molar-refractivity contribution is 5.81. The Morgan fingerprint density at radius 2 is 2.04 bits per heavy atom. The van der Waals surface area contributed by atoms with E-state index < -0.39 is 12.1 Å². The van der Waals surface area contributed by atoms with Crippen molar-refractivity contribution in [2.24, 2.45) is 5.92 Å². The molecular weight excluding hydrogens is 296 g/mol. The number of carbonyl (C=O) groups is 2. The third kappa shape index (κ3) is 4.46. The molecule has 1 amide bonds. The Kier molecular flexibility index (Phi) is 5.58. The molecule has 1 fully saturated rings. The van der Waals surface area contributed by atoms with Crippen LogP contribution in [0.15, 0.2) is 24.3 Å². The monoisotopic (exact) mass is 316 g/mol. The minimum atomic E-state index is -0.792. The molecule has 0 aromatic heterocycles. The normalized spacial score (nSPS) is 16.4. The summed E-state index contributed by atoms with van der Waals surface area (Å²) in [6.45, 7) is 2.76. The fourth-order valence-corrected chi connectivity index (χ4v) is 2.76. The zero-order chi connectivity index (χ0) is 16.8. The summed E-state index contributed by atoms with van der Waals surface area (Å²) < 4.78 is 5.63. The summed E-state index contributed by atoms with van der Waals surface area (Å²) >= 11 is 0. The van der Waals surface area contributed by atoms with Crippen LogP contribution in [0.4, 0.5) is 0 Å². The van der Waals surface area contributed by atoms with Crippen LogP contribution < -0.4 is 4.74 Å². The van der Waals surface area contributed by atoms with Gasteiger partial charge in [0.25, 0.3) is 5.91 Å². The van der Waals surface area contributed by atoms with Crippen molar-refractivity contribution in [3.05, 3.63) is 29.8 Å². The van der Waals surface area contributed by atoms with E-state index in [-0.39, 0.29) is 18.2 Å². The number of carboxylic acids is 1. The number of likely N-dealkylation sites (tertiary alicyclic amines) is 1. The first kappa shape index (κ1) is 16.8. The molecule has 1 unspecified atom stereocenters. The van der Waals surface area contributed by atoms with Crippen molar-refractivity contribution in [2.45, 2.75) is 32.3 Å². The van der Waals surface area contributed by atoms with Crippen LogP contribution in [0.5, 0.6) is 5.75 Å². The lowest BCUT2D eigenvalue weighted by molar-refractivity contribution is -0.140. The molecule has 0 saturated carbocycles. The quantitative estimate of drug-likeness (QED) is 0.897. The molecule has 1 saturated heterocycles. The molecular formula is C17H20N2O4. The molecule has 1 aromatic rings.